The van der Waals surface area contributed by atoms with Gasteiger partial charge in [0, 0.05) is 25.7 Å². The smallest absolute Gasteiger partial charge is 0.209 e. The molecule has 120 valence electrons. The van der Waals surface area contributed by atoms with Crippen LogP contribution in [0.5, 0.6) is 0 Å². The van der Waals surface area contributed by atoms with Crippen LogP contribution in [0.2, 0.25) is 0 Å². The van der Waals surface area contributed by atoms with E-state index in [0.717, 1.165) is 43.9 Å². The van der Waals surface area contributed by atoms with Gasteiger partial charge in [-0.15, -0.1) is 0 Å². The minimum absolute atomic E-state index is 0.0869. The molecule has 4 heteroatoms. The summed E-state index contributed by atoms with van der Waals surface area (Å²) in [5.74, 6) is 0.431. The third kappa shape index (κ3) is 4.68. The van der Waals surface area contributed by atoms with Crippen LogP contribution >= 0.6 is 0 Å². The minimum atomic E-state index is 0.0869. The highest BCUT2D eigenvalue weighted by atomic mass is 16.5. The first-order chi connectivity index (χ1) is 9.90. The molecule has 0 aromatic carbocycles. The number of carbonyl (C=O) groups is 1. The van der Waals surface area contributed by atoms with Gasteiger partial charge in [0.15, 0.2) is 0 Å². The Kier molecular flexibility index (Phi) is 7.12. The predicted molar refractivity (Wildman–Crippen MR) is 87.2 cm³/mol. The average Bonchev–Trinajstić information content (AvgIpc) is 2.42. The number of likely N-dealkylation sites (N-methyl/N-ethyl adjacent to an activating group) is 2. The molecule has 1 rings (SSSR count). The summed E-state index contributed by atoms with van der Waals surface area (Å²) in [5.41, 5.74) is 2.60. The van der Waals surface area contributed by atoms with Crippen molar-refractivity contribution in [3.05, 3.63) is 23.4 Å². The SMILES string of the molecule is C=C1C(=O)C(N(C)CCOCCN(C)CCC)=C1C(C)C. The first kappa shape index (κ1) is 17.9. The van der Waals surface area contributed by atoms with E-state index in [1.165, 1.54) is 0 Å². The van der Waals surface area contributed by atoms with E-state index in [-0.39, 0.29) is 5.78 Å². The number of hydrogen-bond acceptors (Lipinski definition) is 4. The lowest BCUT2D eigenvalue weighted by atomic mass is 9.80. The van der Waals surface area contributed by atoms with Crippen molar-refractivity contribution in [3.63, 3.8) is 0 Å². The molecular weight excluding hydrogens is 264 g/mol. The first-order valence-corrected chi connectivity index (χ1v) is 7.85. The van der Waals surface area contributed by atoms with Crippen LogP contribution in [-0.4, -0.2) is 62.5 Å². The molecule has 1 aliphatic carbocycles. The summed E-state index contributed by atoms with van der Waals surface area (Å²) in [5, 5.41) is 0. The summed E-state index contributed by atoms with van der Waals surface area (Å²) in [6.45, 7) is 14.4. The molecule has 0 radical (unpaired) electrons. The molecule has 0 aromatic heterocycles. The Balaban J connectivity index is 2.33. The van der Waals surface area contributed by atoms with Crippen LogP contribution in [0.15, 0.2) is 23.4 Å². The van der Waals surface area contributed by atoms with E-state index >= 15 is 0 Å². The maximum absolute atomic E-state index is 11.9. The highest BCUT2D eigenvalue weighted by molar-refractivity contribution is 6.19. The van der Waals surface area contributed by atoms with Crippen molar-refractivity contribution in [3.8, 4) is 0 Å². The summed E-state index contributed by atoms with van der Waals surface area (Å²) in [7, 11) is 4.06. The standard InChI is InChI=1S/C17H30N2O2/c1-7-8-18(5)9-11-21-12-10-19(6)16-15(13(2)3)14(4)17(16)20/h13H,4,7-12H2,1-3,5-6H3. The normalized spacial score (nSPS) is 15.2. The Labute approximate surface area is 129 Å². The second-order valence-electron chi connectivity index (χ2n) is 6.06. The second kappa shape index (κ2) is 8.35. The molecule has 0 fully saturated rings. The van der Waals surface area contributed by atoms with Crippen LogP contribution in [0.25, 0.3) is 0 Å². The zero-order valence-corrected chi connectivity index (χ0v) is 14.2. The molecule has 0 aromatic rings. The number of Topliss-reactive ketones (excluding diaryl/α,β-unsaturated/α-hetero) is 1. The van der Waals surface area contributed by atoms with E-state index in [2.05, 4.69) is 39.3 Å². The molecule has 0 unspecified atom stereocenters. The topological polar surface area (TPSA) is 32.8 Å². The fourth-order valence-corrected chi connectivity index (χ4v) is 2.60. The fourth-order valence-electron chi connectivity index (χ4n) is 2.60. The van der Waals surface area contributed by atoms with E-state index in [9.17, 15) is 4.79 Å². The lowest BCUT2D eigenvalue weighted by molar-refractivity contribution is -0.115. The van der Waals surface area contributed by atoms with Gasteiger partial charge in [-0.2, -0.15) is 0 Å². The van der Waals surface area contributed by atoms with Gasteiger partial charge in [0.1, 0.15) is 0 Å². The molecule has 0 bridgehead atoms. The van der Waals surface area contributed by atoms with E-state index < -0.39 is 0 Å². The van der Waals surface area contributed by atoms with Gasteiger partial charge in [-0.05, 0) is 31.5 Å². The Morgan fingerprint density at radius 1 is 1.14 bits per heavy atom. The summed E-state index contributed by atoms with van der Waals surface area (Å²) in [6.07, 6.45) is 1.16. The molecule has 0 atom stereocenters. The van der Waals surface area contributed by atoms with Crippen molar-refractivity contribution in [2.75, 3.05) is 46.9 Å². The molecule has 0 spiro atoms. The maximum atomic E-state index is 11.9. The Morgan fingerprint density at radius 2 is 1.76 bits per heavy atom. The quantitative estimate of drug-likeness (QED) is 0.457. The largest absolute Gasteiger partial charge is 0.378 e. The zero-order valence-electron chi connectivity index (χ0n) is 14.2. The van der Waals surface area contributed by atoms with Crippen molar-refractivity contribution in [2.24, 2.45) is 5.92 Å². The minimum Gasteiger partial charge on any atom is -0.378 e. The monoisotopic (exact) mass is 294 g/mol. The third-order valence-electron chi connectivity index (χ3n) is 3.82. The van der Waals surface area contributed by atoms with Crippen molar-refractivity contribution in [2.45, 2.75) is 27.2 Å². The fraction of sp³-hybridized carbons (Fsp3) is 0.706. The van der Waals surface area contributed by atoms with Gasteiger partial charge >= 0.3 is 0 Å². The van der Waals surface area contributed by atoms with Crippen LogP contribution in [0.1, 0.15) is 27.2 Å². The average molecular weight is 294 g/mol. The molecule has 21 heavy (non-hydrogen) atoms. The van der Waals surface area contributed by atoms with Gasteiger partial charge in [0.25, 0.3) is 0 Å². The van der Waals surface area contributed by atoms with Gasteiger partial charge in [0.05, 0.1) is 18.9 Å². The number of ether oxygens (including phenoxy) is 1. The van der Waals surface area contributed by atoms with Crippen LogP contribution in [0.3, 0.4) is 0 Å². The maximum Gasteiger partial charge on any atom is 0.209 e. The number of rotatable bonds is 10. The molecule has 4 nitrogen and oxygen atoms in total. The number of allylic oxidation sites excluding steroid dienone is 2. The molecule has 0 saturated carbocycles. The number of ketones is 1. The molecule has 0 amide bonds. The summed E-state index contributed by atoms with van der Waals surface area (Å²) in [4.78, 5) is 16.2. The lowest BCUT2D eigenvalue weighted by Gasteiger charge is -2.34. The van der Waals surface area contributed by atoms with Crippen molar-refractivity contribution in [1.82, 2.24) is 9.80 Å². The highest BCUT2D eigenvalue weighted by Crippen LogP contribution is 2.35. The van der Waals surface area contributed by atoms with E-state index in [0.29, 0.717) is 18.1 Å². The predicted octanol–water partition coefficient (Wildman–Crippen LogP) is 2.33. The molecule has 1 aliphatic rings. The van der Waals surface area contributed by atoms with Gasteiger partial charge in [-0.1, -0.05) is 27.4 Å². The Hall–Kier alpha value is -1.13. The number of nitrogens with zero attached hydrogens (tertiary/aromatic N) is 2. The van der Waals surface area contributed by atoms with E-state index in [1.807, 2.05) is 11.9 Å². The van der Waals surface area contributed by atoms with Crippen molar-refractivity contribution < 1.29 is 9.53 Å². The van der Waals surface area contributed by atoms with Crippen molar-refractivity contribution >= 4 is 5.78 Å². The Morgan fingerprint density at radius 3 is 2.33 bits per heavy atom. The van der Waals surface area contributed by atoms with Crippen LogP contribution in [-0.2, 0) is 9.53 Å². The Bertz CT molecular complexity index is 413. The van der Waals surface area contributed by atoms with E-state index in [4.69, 9.17) is 4.74 Å². The number of carbonyl (C=O) groups excluding carboxylic acids is 1. The van der Waals surface area contributed by atoms with Crippen LogP contribution < -0.4 is 0 Å². The summed E-state index contributed by atoms with van der Waals surface area (Å²) in [6, 6.07) is 0. The van der Waals surface area contributed by atoms with Crippen molar-refractivity contribution in [1.29, 1.82) is 0 Å². The highest BCUT2D eigenvalue weighted by Gasteiger charge is 2.35. The molecule has 0 aliphatic heterocycles. The summed E-state index contributed by atoms with van der Waals surface area (Å²) < 4.78 is 5.66. The molecule has 0 heterocycles. The van der Waals surface area contributed by atoms with Gasteiger partial charge in [-0.25, -0.2) is 0 Å². The van der Waals surface area contributed by atoms with Gasteiger partial charge < -0.3 is 14.5 Å². The van der Waals surface area contributed by atoms with Crippen LogP contribution in [0.4, 0.5) is 0 Å². The first-order valence-electron chi connectivity index (χ1n) is 7.85. The molecule has 0 N–H and O–H groups in total. The number of hydrogen-bond donors (Lipinski definition) is 0. The zero-order chi connectivity index (χ0) is 16.0. The molecular formula is C17H30N2O2. The van der Waals surface area contributed by atoms with Crippen LogP contribution in [0, 0.1) is 5.92 Å². The van der Waals surface area contributed by atoms with Gasteiger partial charge in [0.2, 0.25) is 5.78 Å². The van der Waals surface area contributed by atoms with Gasteiger partial charge in [-0.3, -0.25) is 4.79 Å². The molecule has 0 saturated heterocycles. The summed E-state index contributed by atoms with van der Waals surface area (Å²) >= 11 is 0. The van der Waals surface area contributed by atoms with E-state index in [1.54, 1.807) is 0 Å². The lowest BCUT2D eigenvalue weighted by Crippen LogP contribution is -2.37. The second-order valence-corrected chi connectivity index (χ2v) is 6.06. The third-order valence-corrected chi connectivity index (χ3v) is 3.82.